The van der Waals surface area contributed by atoms with Crippen molar-refractivity contribution in [2.75, 3.05) is 0 Å². The Morgan fingerprint density at radius 1 is 0.941 bits per heavy atom. The first kappa shape index (κ1) is 13.7. The van der Waals surface area contributed by atoms with Crippen molar-refractivity contribution in [3.63, 3.8) is 0 Å². The molecule has 0 unspecified atom stereocenters. The van der Waals surface area contributed by atoms with Crippen molar-refractivity contribution in [1.82, 2.24) is 0 Å². The largest absolute Gasteiger partial charge is 0.207 e. The second-order valence-electron chi connectivity index (χ2n) is 6.49. The lowest BCUT2D eigenvalue weighted by Gasteiger charge is -2.25. The van der Waals surface area contributed by atoms with Gasteiger partial charge in [0, 0.05) is 0 Å². The molecule has 0 N–H and O–H groups in total. The third-order valence-electron chi connectivity index (χ3n) is 2.84. The predicted molar refractivity (Wildman–Crippen MR) is 68.5 cm³/mol. The molecule has 1 rings (SSSR count). The van der Waals surface area contributed by atoms with Gasteiger partial charge in [-0.3, -0.25) is 0 Å². The van der Waals surface area contributed by atoms with E-state index in [1.54, 1.807) is 6.07 Å². The molecule has 0 fully saturated rings. The molecule has 0 radical (unpaired) electrons. The first-order valence-corrected chi connectivity index (χ1v) is 5.82. The van der Waals surface area contributed by atoms with E-state index < -0.39 is 0 Å². The average molecular weight is 233 g/mol. The van der Waals surface area contributed by atoms with Crippen molar-refractivity contribution in [3.8, 4) is 6.07 Å². The van der Waals surface area contributed by atoms with Crippen molar-refractivity contribution >= 4 is 0 Å². The van der Waals surface area contributed by atoms with Crippen LogP contribution in [0, 0.1) is 17.1 Å². The molecule has 0 aromatic heterocycles. The Hall–Kier alpha value is -1.36. The Morgan fingerprint density at radius 3 is 1.76 bits per heavy atom. The Morgan fingerprint density at radius 2 is 1.41 bits per heavy atom. The van der Waals surface area contributed by atoms with Crippen LogP contribution in [0.5, 0.6) is 0 Å². The number of rotatable bonds is 0. The minimum atomic E-state index is -0.286. The van der Waals surface area contributed by atoms with Crippen molar-refractivity contribution in [3.05, 3.63) is 34.6 Å². The minimum Gasteiger partial charge on any atom is -0.207 e. The Balaban J connectivity index is 3.53. The summed E-state index contributed by atoms with van der Waals surface area (Å²) in [6.45, 7) is 11.8. The zero-order valence-corrected chi connectivity index (χ0v) is 11.5. The van der Waals surface area contributed by atoms with Crippen LogP contribution in [0.2, 0.25) is 0 Å². The van der Waals surface area contributed by atoms with Gasteiger partial charge in [-0.05, 0) is 34.1 Å². The second kappa shape index (κ2) is 4.14. The summed E-state index contributed by atoms with van der Waals surface area (Å²) in [6, 6.07) is 5.38. The maximum atomic E-state index is 14.1. The summed E-state index contributed by atoms with van der Waals surface area (Å²) >= 11 is 0. The number of hydrogen-bond acceptors (Lipinski definition) is 1. The van der Waals surface area contributed by atoms with Crippen molar-refractivity contribution in [2.24, 2.45) is 0 Å². The molecule has 0 atom stereocenters. The number of nitrogens with zero attached hydrogens (tertiary/aromatic N) is 1. The molecular formula is C15H20FN. The first-order valence-electron chi connectivity index (χ1n) is 5.82. The average Bonchev–Trinajstić information content (AvgIpc) is 2.14. The third kappa shape index (κ3) is 2.85. The predicted octanol–water partition coefficient (Wildman–Crippen LogP) is 4.29. The van der Waals surface area contributed by atoms with Crippen LogP contribution in [0.4, 0.5) is 4.39 Å². The molecule has 2 heteroatoms. The van der Waals surface area contributed by atoms with E-state index in [1.807, 2.05) is 41.5 Å². The van der Waals surface area contributed by atoms with E-state index in [0.29, 0.717) is 11.1 Å². The van der Waals surface area contributed by atoms with E-state index >= 15 is 0 Å². The molecule has 1 aromatic carbocycles. The van der Waals surface area contributed by atoms with Gasteiger partial charge < -0.3 is 0 Å². The van der Waals surface area contributed by atoms with Gasteiger partial charge >= 0.3 is 0 Å². The van der Waals surface area contributed by atoms with E-state index in [0.717, 1.165) is 5.56 Å². The number of benzene rings is 1. The SMILES string of the molecule is CC(C)(C)c1cc(C#N)c(C(C)(C)C)cc1F. The van der Waals surface area contributed by atoms with E-state index in [-0.39, 0.29) is 16.6 Å². The fraction of sp³-hybridized carbons (Fsp3) is 0.533. The quantitative estimate of drug-likeness (QED) is 0.655. The van der Waals surface area contributed by atoms with Crippen LogP contribution >= 0.6 is 0 Å². The van der Waals surface area contributed by atoms with Crippen LogP contribution in [0.1, 0.15) is 58.2 Å². The van der Waals surface area contributed by atoms with Gasteiger partial charge in [0.2, 0.25) is 0 Å². The van der Waals surface area contributed by atoms with Crippen LogP contribution in [-0.2, 0) is 10.8 Å². The summed E-state index contributed by atoms with van der Waals surface area (Å²) in [4.78, 5) is 0. The van der Waals surface area contributed by atoms with E-state index in [4.69, 9.17) is 0 Å². The first-order chi connectivity index (χ1) is 7.57. The summed E-state index contributed by atoms with van der Waals surface area (Å²) in [7, 11) is 0. The summed E-state index contributed by atoms with van der Waals surface area (Å²) < 4.78 is 14.1. The molecule has 0 saturated carbocycles. The summed E-state index contributed by atoms with van der Waals surface area (Å²) in [5.74, 6) is -0.221. The molecule has 0 heterocycles. The van der Waals surface area contributed by atoms with Gasteiger partial charge in [0.15, 0.2) is 0 Å². The van der Waals surface area contributed by atoms with Crippen molar-refractivity contribution in [1.29, 1.82) is 5.26 Å². The minimum absolute atomic E-state index is 0.220. The number of halogens is 1. The van der Waals surface area contributed by atoms with Gasteiger partial charge in [-0.25, -0.2) is 4.39 Å². The fourth-order valence-corrected chi connectivity index (χ4v) is 1.86. The van der Waals surface area contributed by atoms with Crippen LogP contribution in [0.15, 0.2) is 12.1 Å². The molecule has 0 bridgehead atoms. The van der Waals surface area contributed by atoms with E-state index in [9.17, 15) is 9.65 Å². The highest BCUT2D eigenvalue weighted by Gasteiger charge is 2.25. The summed E-state index contributed by atoms with van der Waals surface area (Å²) in [5, 5.41) is 9.19. The van der Waals surface area contributed by atoms with Gasteiger partial charge in [0.05, 0.1) is 11.6 Å². The molecule has 17 heavy (non-hydrogen) atoms. The molecule has 92 valence electrons. The van der Waals surface area contributed by atoms with Crippen LogP contribution in [0.3, 0.4) is 0 Å². The monoisotopic (exact) mass is 233 g/mol. The topological polar surface area (TPSA) is 23.8 Å². The number of hydrogen-bond donors (Lipinski definition) is 0. The van der Waals surface area contributed by atoms with Gasteiger partial charge in [0.1, 0.15) is 5.82 Å². The smallest absolute Gasteiger partial charge is 0.127 e. The molecule has 0 saturated heterocycles. The molecule has 1 nitrogen and oxygen atoms in total. The highest BCUT2D eigenvalue weighted by atomic mass is 19.1. The van der Waals surface area contributed by atoms with Gasteiger partial charge in [-0.2, -0.15) is 5.26 Å². The fourth-order valence-electron chi connectivity index (χ4n) is 1.86. The molecule has 0 spiro atoms. The van der Waals surface area contributed by atoms with Gasteiger partial charge in [0.25, 0.3) is 0 Å². The highest BCUT2D eigenvalue weighted by molar-refractivity contribution is 5.46. The zero-order valence-electron chi connectivity index (χ0n) is 11.5. The second-order valence-corrected chi connectivity index (χ2v) is 6.49. The molecule has 0 aliphatic carbocycles. The van der Waals surface area contributed by atoms with Crippen LogP contribution in [0.25, 0.3) is 0 Å². The van der Waals surface area contributed by atoms with Gasteiger partial charge in [-0.1, -0.05) is 41.5 Å². The zero-order chi connectivity index (χ0) is 13.4. The molecule has 1 aromatic rings. The normalized spacial score (nSPS) is 12.4. The summed E-state index contributed by atoms with van der Waals surface area (Å²) in [5.41, 5.74) is 1.44. The lowest BCUT2D eigenvalue weighted by molar-refractivity contribution is 0.513. The maximum absolute atomic E-state index is 14.1. The maximum Gasteiger partial charge on any atom is 0.127 e. The molecule has 0 amide bonds. The third-order valence-corrected chi connectivity index (χ3v) is 2.84. The van der Waals surface area contributed by atoms with Crippen LogP contribution < -0.4 is 0 Å². The lowest BCUT2D eigenvalue weighted by atomic mass is 9.79. The molecule has 0 aliphatic rings. The van der Waals surface area contributed by atoms with Crippen molar-refractivity contribution in [2.45, 2.75) is 52.4 Å². The Kier molecular flexibility index (Phi) is 3.34. The lowest BCUT2D eigenvalue weighted by Crippen LogP contribution is -2.18. The van der Waals surface area contributed by atoms with Crippen molar-refractivity contribution < 1.29 is 4.39 Å². The Bertz CT molecular complexity index is 467. The highest BCUT2D eigenvalue weighted by Crippen LogP contribution is 2.32. The molecular weight excluding hydrogens is 213 g/mol. The number of nitriles is 1. The van der Waals surface area contributed by atoms with E-state index in [1.165, 1.54) is 6.07 Å². The summed E-state index contributed by atoms with van der Waals surface area (Å²) in [6.07, 6.45) is 0. The Labute approximate surface area is 103 Å². The molecule has 0 aliphatic heterocycles. The van der Waals surface area contributed by atoms with E-state index in [2.05, 4.69) is 6.07 Å². The van der Waals surface area contributed by atoms with Crippen LogP contribution in [-0.4, -0.2) is 0 Å². The standard InChI is InChI=1S/C15H20FN/c1-14(2,3)11-8-13(16)12(15(4,5)6)7-10(11)9-17/h7-8H,1-6H3. The van der Waals surface area contributed by atoms with Gasteiger partial charge in [-0.15, -0.1) is 0 Å².